The van der Waals surface area contributed by atoms with Crippen molar-refractivity contribution >= 4 is 5.91 Å². The van der Waals surface area contributed by atoms with Crippen molar-refractivity contribution in [2.24, 2.45) is 0 Å². The molecule has 0 fully saturated rings. The van der Waals surface area contributed by atoms with E-state index < -0.39 is 0 Å². The van der Waals surface area contributed by atoms with Gasteiger partial charge in [-0.2, -0.15) is 0 Å². The molecule has 1 amide bonds. The maximum absolute atomic E-state index is 12.0. The number of carbonyl (C=O) groups excluding carboxylic acids is 1. The predicted octanol–water partition coefficient (Wildman–Crippen LogP) is 3.51. The molecule has 3 nitrogen and oxygen atoms in total. The van der Waals surface area contributed by atoms with Crippen LogP contribution in [0.25, 0.3) is 0 Å². The van der Waals surface area contributed by atoms with E-state index in [4.69, 9.17) is 4.42 Å². The Morgan fingerprint density at radius 2 is 1.84 bits per heavy atom. The van der Waals surface area contributed by atoms with E-state index in [1.54, 1.807) is 12.5 Å². The van der Waals surface area contributed by atoms with E-state index in [1.807, 2.05) is 30.3 Å². The maximum atomic E-state index is 12.0. The van der Waals surface area contributed by atoms with Gasteiger partial charge in [0.2, 0.25) is 0 Å². The standard InChI is InChI=1S/C16H19NO2/c1-16(2,3)14-6-4-13(5-7-14)15(18)17-10-12-8-9-19-11-12/h4-9,11H,10H2,1-3H3,(H,17,18). The van der Waals surface area contributed by atoms with E-state index >= 15 is 0 Å². The molecule has 0 saturated carbocycles. The average molecular weight is 257 g/mol. The molecule has 100 valence electrons. The lowest BCUT2D eigenvalue weighted by atomic mass is 9.87. The molecular weight excluding hydrogens is 238 g/mol. The second-order valence-corrected chi connectivity index (χ2v) is 5.64. The Morgan fingerprint density at radius 1 is 1.16 bits per heavy atom. The summed E-state index contributed by atoms with van der Waals surface area (Å²) in [5, 5.41) is 2.86. The lowest BCUT2D eigenvalue weighted by Gasteiger charge is -2.19. The zero-order valence-corrected chi connectivity index (χ0v) is 11.6. The largest absolute Gasteiger partial charge is 0.472 e. The van der Waals surface area contributed by atoms with Gasteiger partial charge in [0.25, 0.3) is 5.91 Å². The lowest BCUT2D eigenvalue weighted by Crippen LogP contribution is -2.22. The summed E-state index contributed by atoms with van der Waals surface area (Å²) in [6.45, 7) is 6.94. The van der Waals surface area contributed by atoms with Gasteiger partial charge in [-0.05, 0) is 29.2 Å². The van der Waals surface area contributed by atoms with E-state index in [1.165, 1.54) is 5.56 Å². The molecule has 1 heterocycles. The molecule has 1 N–H and O–H groups in total. The molecule has 0 aliphatic heterocycles. The minimum Gasteiger partial charge on any atom is -0.472 e. The SMILES string of the molecule is CC(C)(C)c1ccc(C(=O)NCc2ccoc2)cc1. The summed E-state index contributed by atoms with van der Waals surface area (Å²) in [5.41, 5.74) is 2.96. The van der Waals surface area contributed by atoms with Gasteiger partial charge in [-0.15, -0.1) is 0 Å². The van der Waals surface area contributed by atoms with Crippen LogP contribution in [0.4, 0.5) is 0 Å². The fourth-order valence-electron chi connectivity index (χ4n) is 1.80. The average Bonchev–Trinajstić information content (AvgIpc) is 2.88. The van der Waals surface area contributed by atoms with Crippen LogP contribution in [0.15, 0.2) is 47.3 Å². The van der Waals surface area contributed by atoms with Crippen LogP contribution in [0.5, 0.6) is 0 Å². The summed E-state index contributed by atoms with van der Waals surface area (Å²) in [5.74, 6) is -0.0679. The Hall–Kier alpha value is -2.03. The first-order chi connectivity index (χ1) is 8.97. The zero-order chi connectivity index (χ0) is 13.9. The molecule has 1 aromatic carbocycles. The zero-order valence-electron chi connectivity index (χ0n) is 11.6. The topological polar surface area (TPSA) is 42.2 Å². The van der Waals surface area contributed by atoms with Crippen molar-refractivity contribution in [1.29, 1.82) is 0 Å². The number of nitrogens with one attached hydrogen (secondary N) is 1. The molecule has 19 heavy (non-hydrogen) atoms. The quantitative estimate of drug-likeness (QED) is 0.914. The van der Waals surface area contributed by atoms with Crippen molar-refractivity contribution < 1.29 is 9.21 Å². The van der Waals surface area contributed by atoms with Crippen molar-refractivity contribution in [3.8, 4) is 0 Å². The number of hydrogen-bond acceptors (Lipinski definition) is 2. The second-order valence-electron chi connectivity index (χ2n) is 5.64. The Kier molecular flexibility index (Phi) is 3.74. The molecule has 0 aliphatic rings. The van der Waals surface area contributed by atoms with Crippen molar-refractivity contribution in [2.45, 2.75) is 32.7 Å². The van der Waals surface area contributed by atoms with Gasteiger partial charge in [-0.25, -0.2) is 0 Å². The first kappa shape index (κ1) is 13.4. The van der Waals surface area contributed by atoms with Crippen LogP contribution in [0.2, 0.25) is 0 Å². The molecule has 0 aliphatic carbocycles. The summed E-state index contributed by atoms with van der Waals surface area (Å²) in [4.78, 5) is 12.0. The molecular formula is C16H19NO2. The molecule has 3 heteroatoms. The number of furan rings is 1. The third-order valence-corrected chi connectivity index (χ3v) is 3.05. The van der Waals surface area contributed by atoms with Gasteiger partial charge in [0.05, 0.1) is 12.5 Å². The van der Waals surface area contributed by atoms with E-state index in [2.05, 4.69) is 26.1 Å². The molecule has 0 atom stereocenters. The van der Waals surface area contributed by atoms with Crippen molar-refractivity contribution in [2.75, 3.05) is 0 Å². The van der Waals surface area contributed by atoms with Crippen LogP contribution in [0, 0.1) is 0 Å². The highest BCUT2D eigenvalue weighted by atomic mass is 16.3. The summed E-state index contributed by atoms with van der Waals surface area (Å²) >= 11 is 0. The van der Waals surface area contributed by atoms with Crippen molar-refractivity contribution in [1.82, 2.24) is 5.32 Å². The molecule has 0 bridgehead atoms. The number of hydrogen-bond donors (Lipinski definition) is 1. The molecule has 0 saturated heterocycles. The van der Waals surface area contributed by atoms with Gasteiger partial charge in [0.1, 0.15) is 0 Å². The van der Waals surface area contributed by atoms with Crippen molar-refractivity contribution in [3.63, 3.8) is 0 Å². The highest BCUT2D eigenvalue weighted by Gasteiger charge is 2.14. The Labute approximate surface area is 113 Å². The van der Waals surface area contributed by atoms with Crippen LogP contribution in [0.3, 0.4) is 0 Å². The highest BCUT2D eigenvalue weighted by Crippen LogP contribution is 2.22. The Balaban J connectivity index is 2.00. The van der Waals surface area contributed by atoms with Crippen LogP contribution in [-0.2, 0) is 12.0 Å². The van der Waals surface area contributed by atoms with Gasteiger partial charge in [0.15, 0.2) is 0 Å². The monoisotopic (exact) mass is 257 g/mol. The molecule has 1 aromatic heterocycles. The summed E-state index contributed by atoms with van der Waals surface area (Å²) in [7, 11) is 0. The fourth-order valence-corrected chi connectivity index (χ4v) is 1.80. The third-order valence-electron chi connectivity index (χ3n) is 3.05. The minimum absolute atomic E-state index is 0.0679. The summed E-state index contributed by atoms with van der Waals surface area (Å²) in [6, 6.07) is 9.58. The lowest BCUT2D eigenvalue weighted by molar-refractivity contribution is 0.0951. The maximum Gasteiger partial charge on any atom is 0.251 e. The van der Waals surface area contributed by atoms with Crippen LogP contribution < -0.4 is 5.32 Å². The summed E-state index contributed by atoms with van der Waals surface area (Å²) in [6.07, 6.45) is 3.22. The van der Waals surface area contributed by atoms with Crippen LogP contribution in [0.1, 0.15) is 42.3 Å². The van der Waals surface area contributed by atoms with Crippen molar-refractivity contribution in [3.05, 3.63) is 59.5 Å². The second kappa shape index (κ2) is 5.31. The van der Waals surface area contributed by atoms with E-state index in [0.717, 1.165) is 5.56 Å². The van der Waals surface area contributed by atoms with Gasteiger partial charge in [0, 0.05) is 17.7 Å². The van der Waals surface area contributed by atoms with Gasteiger partial charge < -0.3 is 9.73 Å². The third kappa shape index (κ3) is 3.47. The fraction of sp³-hybridized carbons (Fsp3) is 0.312. The number of rotatable bonds is 3. The molecule has 0 radical (unpaired) electrons. The van der Waals surface area contributed by atoms with E-state index in [9.17, 15) is 4.79 Å². The van der Waals surface area contributed by atoms with E-state index in [-0.39, 0.29) is 11.3 Å². The van der Waals surface area contributed by atoms with Crippen LogP contribution in [-0.4, -0.2) is 5.91 Å². The Morgan fingerprint density at radius 3 is 2.37 bits per heavy atom. The summed E-state index contributed by atoms with van der Waals surface area (Å²) < 4.78 is 4.95. The normalized spacial score (nSPS) is 11.3. The van der Waals surface area contributed by atoms with Gasteiger partial charge in [-0.1, -0.05) is 32.9 Å². The van der Waals surface area contributed by atoms with Gasteiger partial charge >= 0.3 is 0 Å². The van der Waals surface area contributed by atoms with Gasteiger partial charge in [-0.3, -0.25) is 4.79 Å². The molecule has 0 unspecified atom stereocenters. The number of amides is 1. The van der Waals surface area contributed by atoms with E-state index in [0.29, 0.717) is 12.1 Å². The first-order valence-electron chi connectivity index (χ1n) is 6.36. The first-order valence-corrected chi connectivity index (χ1v) is 6.36. The Bertz CT molecular complexity index is 533. The minimum atomic E-state index is -0.0679. The number of benzene rings is 1. The molecule has 2 aromatic rings. The molecule has 0 spiro atoms. The number of carbonyl (C=O) groups is 1. The van der Waals surface area contributed by atoms with Crippen LogP contribution >= 0.6 is 0 Å². The smallest absolute Gasteiger partial charge is 0.251 e. The highest BCUT2D eigenvalue weighted by molar-refractivity contribution is 5.94. The molecule has 2 rings (SSSR count). The predicted molar refractivity (Wildman–Crippen MR) is 75.0 cm³/mol.